The molecule has 2 N–H and O–H groups in total. The van der Waals surface area contributed by atoms with Crippen LogP contribution in [-0.4, -0.2) is 70.7 Å². The highest BCUT2D eigenvalue weighted by Crippen LogP contribution is 2.55. The normalized spacial score (nSPS) is 29.1. The Kier molecular flexibility index (Phi) is 7.42. The molecule has 0 saturated heterocycles. The lowest BCUT2D eigenvalue weighted by molar-refractivity contribution is -0.136. The first kappa shape index (κ1) is 26.5. The molecule has 4 aliphatic carbocycles. The Morgan fingerprint density at radius 1 is 1.28 bits per heavy atom. The van der Waals surface area contributed by atoms with Crippen molar-refractivity contribution in [2.75, 3.05) is 27.3 Å². The van der Waals surface area contributed by atoms with Crippen molar-refractivity contribution in [1.82, 2.24) is 20.0 Å². The van der Waals surface area contributed by atoms with E-state index in [1.165, 1.54) is 4.90 Å². The predicted octanol–water partition coefficient (Wildman–Crippen LogP) is 3.78. The lowest BCUT2D eigenvalue weighted by Gasteiger charge is -2.58. The molecule has 4 aliphatic rings. The fraction of sp³-hybridized carbons (Fsp3) is 0.741. The standard InChI is InChI=1S/C27H42N4O5/c1-17(2)15-35-24-21(14-28-31(24)8-7-26(3,4)16-36-25(33)30(5)6)23(32)29-22-19-9-18-10-20(22)13-27(34,11-18)12-19/h7-8,14,17-20,22,34H,9-13,15-16H2,1-6H3,(H,29,32)/b8-7+/t18?,19?,20?,22-,27-. The Balaban J connectivity index is 1.48. The molecule has 200 valence electrons. The summed E-state index contributed by atoms with van der Waals surface area (Å²) in [7, 11) is 3.29. The lowest BCUT2D eigenvalue weighted by atomic mass is 9.52. The maximum atomic E-state index is 13.4. The average molecular weight is 503 g/mol. The Labute approximate surface area is 214 Å². The van der Waals surface area contributed by atoms with Gasteiger partial charge in [0.25, 0.3) is 5.91 Å². The molecule has 9 nitrogen and oxygen atoms in total. The number of nitrogens with one attached hydrogen (secondary N) is 1. The van der Waals surface area contributed by atoms with Gasteiger partial charge >= 0.3 is 6.09 Å². The first-order valence-electron chi connectivity index (χ1n) is 13.1. The van der Waals surface area contributed by atoms with Gasteiger partial charge in [0, 0.05) is 31.8 Å². The van der Waals surface area contributed by atoms with Crippen LogP contribution in [0.15, 0.2) is 12.3 Å². The number of aromatic nitrogens is 2. The minimum Gasteiger partial charge on any atom is -0.477 e. The molecule has 36 heavy (non-hydrogen) atoms. The van der Waals surface area contributed by atoms with E-state index in [9.17, 15) is 14.7 Å². The van der Waals surface area contributed by atoms with E-state index in [1.807, 2.05) is 19.9 Å². The summed E-state index contributed by atoms with van der Waals surface area (Å²) in [6.45, 7) is 8.68. The Bertz CT molecular complexity index is 982. The highest BCUT2D eigenvalue weighted by atomic mass is 16.6. The number of hydrogen-bond acceptors (Lipinski definition) is 6. The summed E-state index contributed by atoms with van der Waals surface area (Å²) < 4.78 is 13.0. The number of carbonyl (C=O) groups excluding carboxylic acids is 2. The predicted molar refractivity (Wildman–Crippen MR) is 136 cm³/mol. The number of aliphatic hydroxyl groups is 1. The van der Waals surface area contributed by atoms with Crippen molar-refractivity contribution in [3.8, 4) is 5.88 Å². The molecule has 0 aromatic carbocycles. The van der Waals surface area contributed by atoms with Crippen molar-refractivity contribution in [3.05, 3.63) is 17.8 Å². The maximum absolute atomic E-state index is 13.4. The summed E-state index contributed by atoms with van der Waals surface area (Å²) in [6, 6.07) is 0.0801. The minimum absolute atomic E-state index is 0.0801. The zero-order valence-electron chi connectivity index (χ0n) is 22.5. The van der Waals surface area contributed by atoms with Gasteiger partial charge in [-0.05, 0) is 55.8 Å². The zero-order valence-corrected chi connectivity index (χ0v) is 22.5. The number of amides is 2. The maximum Gasteiger partial charge on any atom is 0.409 e. The Hall–Kier alpha value is -2.55. The van der Waals surface area contributed by atoms with Crippen LogP contribution in [0, 0.1) is 29.1 Å². The molecule has 2 amide bonds. The van der Waals surface area contributed by atoms with Crippen molar-refractivity contribution in [2.24, 2.45) is 29.1 Å². The van der Waals surface area contributed by atoms with Gasteiger partial charge in [-0.1, -0.05) is 33.8 Å². The number of nitrogens with zero attached hydrogens (tertiary/aromatic N) is 3. The van der Waals surface area contributed by atoms with Gasteiger partial charge in [0.05, 0.1) is 18.4 Å². The van der Waals surface area contributed by atoms with E-state index >= 15 is 0 Å². The molecule has 0 spiro atoms. The molecule has 4 fully saturated rings. The van der Waals surface area contributed by atoms with Gasteiger partial charge in [-0.25, -0.2) is 9.48 Å². The van der Waals surface area contributed by atoms with Crippen LogP contribution >= 0.6 is 0 Å². The molecular formula is C27H42N4O5. The number of ether oxygens (including phenoxy) is 2. The Morgan fingerprint density at radius 3 is 2.53 bits per heavy atom. The molecule has 2 unspecified atom stereocenters. The zero-order chi connectivity index (χ0) is 26.3. The smallest absolute Gasteiger partial charge is 0.409 e. The topological polar surface area (TPSA) is 106 Å². The second-order valence-electron chi connectivity index (χ2n) is 12.5. The van der Waals surface area contributed by atoms with E-state index in [0.717, 1.165) is 32.1 Å². The highest BCUT2D eigenvalue weighted by molar-refractivity contribution is 5.96. The molecule has 4 saturated carbocycles. The molecular weight excluding hydrogens is 460 g/mol. The third-order valence-corrected chi connectivity index (χ3v) is 7.69. The fourth-order valence-electron chi connectivity index (χ4n) is 6.15. The lowest BCUT2D eigenvalue weighted by Crippen LogP contribution is -2.61. The minimum atomic E-state index is -0.535. The first-order valence-corrected chi connectivity index (χ1v) is 13.1. The molecule has 1 heterocycles. The third kappa shape index (κ3) is 5.88. The van der Waals surface area contributed by atoms with Crippen molar-refractivity contribution in [1.29, 1.82) is 0 Å². The fourth-order valence-corrected chi connectivity index (χ4v) is 6.15. The van der Waals surface area contributed by atoms with E-state index < -0.39 is 17.1 Å². The van der Waals surface area contributed by atoms with Gasteiger partial charge < -0.3 is 24.8 Å². The summed E-state index contributed by atoms with van der Waals surface area (Å²) in [5, 5.41) is 18.6. The highest BCUT2D eigenvalue weighted by Gasteiger charge is 2.55. The Morgan fingerprint density at radius 2 is 1.94 bits per heavy atom. The second-order valence-corrected chi connectivity index (χ2v) is 12.5. The van der Waals surface area contributed by atoms with Crippen LogP contribution in [0.4, 0.5) is 4.79 Å². The summed E-state index contributed by atoms with van der Waals surface area (Å²) in [5.74, 6) is 1.73. The van der Waals surface area contributed by atoms with Gasteiger partial charge in [-0.3, -0.25) is 4.79 Å². The number of hydrogen-bond donors (Lipinski definition) is 2. The third-order valence-electron chi connectivity index (χ3n) is 7.69. The monoisotopic (exact) mass is 502 g/mol. The second kappa shape index (κ2) is 10.1. The summed E-state index contributed by atoms with van der Waals surface area (Å²) in [5.41, 5.74) is -0.576. The summed E-state index contributed by atoms with van der Waals surface area (Å²) in [4.78, 5) is 26.6. The number of carbonyl (C=O) groups is 2. The summed E-state index contributed by atoms with van der Waals surface area (Å²) >= 11 is 0. The van der Waals surface area contributed by atoms with Gasteiger partial charge in [-0.2, -0.15) is 5.10 Å². The van der Waals surface area contributed by atoms with E-state index in [2.05, 4.69) is 24.3 Å². The molecule has 1 aromatic rings. The largest absolute Gasteiger partial charge is 0.477 e. The number of rotatable bonds is 9. The van der Waals surface area contributed by atoms with E-state index in [0.29, 0.717) is 35.8 Å². The van der Waals surface area contributed by atoms with E-state index in [1.54, 1.807) is 31.2 Å². The first-order chi connectivity index (χ1) is 16.9. The van der Waals surface area contributed by atoms with Crippen molar-refractivity contribution in [3.63, 3.8) is 0 Å². The molecule has 4 bridgehead atoms. The van der Waals surface area contributed by atoms with Crippen LogP contribution in [0.3, 0.4) is 0 Å². The van der Waals surface area contributed by atoms with Crippen LogP contribution < -0.4 is 10.1 Å². The molecule has 0 radical (unpaired) electrons. The SMILES string of the molecule is CC(C)COc1c(C(=O)N[C@H]2C3CC4CC2C[C@](O)(C4)C3)cnn1/C=C/C(C)(C)COC(=O)N(C)C. The van der Waals surface area contributed by atoms with Crippen molar-refractivity contribution < 1.29 is 24.2 Å². The van der Waals surface area contributed by atoms with Gasteiger partial charge in [-0.15, -0.1) is 0 Å². The van der Waals surface area contributed by atoms with Gasteiger partial charge in [0.1, 0.15) is 12.2 Å². The van der Waals surface area contributed by atoms with Crippen LogP contribution in [-0.2, 0) is 4.74 Å². The van der Waals surface area contributed by atoms with E-state index in [4.69, 9.17) is 9.47 Å². The molecule has 5 rings (SSSR count). The van der Waals surface area contributed by atoms with Gasteiger partial charge in [0.15, 0.2) is 0 Å². The average Bonchev–Trinajstić information content (AvgIpc) is 3.19. The quantitative estimate of drug-likeness (QED) is 0.532. The molecule has 2 atom stereocenters. The van der Waals surface area contributed by atoms with Crippen LogP contribution in [0.2, 0.25) is 0 Å². The molecule has 9 heteroatoms. The van der Waals surface area contributed by atoms with Crippen molar-refractivity contribution in [2.45, 2.75) is 71.4 Å². The van der Waals surface area contributed by atoms with E-state index in [-0.39, 0.29) is 24.5 Å². The molecule has 1 aromatic heterocycles. The van der Waals surface area contributed by atoms with Crippen LogP contribution in [0.25, 0.3) is 6.20 Å². The molecule has 0 aliphatic heterocycles. The van der Waals surface area contributed by atoms with Crippen LogP contribution in [0.5, 0.6) is 5.88 Å². The van der Waals surface area contributed by atoms with Gasteiger partial charge in [0.2, 0.25) is 5.88 Å². The van der Waals surface area contributed by atoms with Crippen molar-refractivity contribution >= 4 is 18.2 Å². The summed E-state index contributed by atoms with van der Waals surface area (Å²) in [6.07, 6.45) is 9.43. The van der Waals surface area contributed by atoms with Crippen LogP contribution in [0.1, 0.15) is 70.2 Å².